The van der Waals surface area contributed by atoms with Crippen LogP contribution in [0.2, 0.25) is 5.28 Å². The quantitative estimate of drug-likeness (QED) is 0.323. The highest BCUT2D eigenvalue weighted by Gasteiger charge is 2.39. The molecule has 1 aliphatic heterocycles. The average molecular weight is 525 g/mol. The molecule has 0 aliphatic carbocycles. The van der Waals surface area contributed by atoms with Crippen molar-refractivity contribution in [2.75, 3.05) is 20.3 Å². The van der Waals surface area contributed by atoms with E-state index in [-0.39, 0.29) is 18.2 Å². The molecule has 1 aliphatic rings. The Morgan fingerprint density at radius 1 is 1.17 bits per heavy atom. The summed E-state index contributed by atoms with van der Waals surface area (Å²) in [5.41, 5.74) is 1.45. The van der Waals surface area contributed by atoms with Gasteiger partial charge in [-0.1, -0.05) is 30.3 Å². The topological polar surface area (TPSA) is 53.5 Å². The average Bonchev–Trinajstić information content (AvgIpc) is 2.76. The summed E-state index contributed by atoms with van der Waals surface area (Å²) >= 11 is 8.60. The van der Waals surface area contributed by atoms with Gasteiger partial charge in [0, 0.05) is 22.7 Å². The number of rotatable bonds is 6. The molecule has 0 spiro atoms. The Balaban J connectivity index is 1.86. The van der Waals surface area contributed by atoms with Crippen LogP contribution in [0.4, 0.5) is 0 Å². The second kappa shape index (κ2) is 9.22. The van der Waals surface area contributed by atoms with Crippen molar-refractivity contribution < 1.29 is 14.2 Å². The van der Waals surface area contributed by atoms with E-state index in [1.807, 2.05) is 42.5 Å². The van der Waals surface area contributed by atoms with Crippen molar-refractivity contribution >= 4 is 45.1 Å². The monoisotopic (exact) mass is 524 g/mol. The Bertz CT molecular complexity index is 982. The fourth-order valence-corrected chi connectivity index (χ4v) is 4.37. The second-order valence-corrected chi connectivity index (χ2v) is 8.59. The van der Waals surface area contributed by atoms with Gasteiger partial charge in [0.05, 0.1) is 17.8 Å². The normalized spacial score (nSPS) is 19.2. The molecule has 0 bridgehead atoms. The molecule has 1 aromatic heterocycles. The number of aromatic nitrogens is 2. The van der Waals surface area contributed by atoms with Gasteiger partial charge in [0.25, 0.3) is 0 Å². The van der Waals surface area contributed by atoms with Crippen LogP contribution < -0.4 is 0 Å². The van der Waals surface area contributed by atoms with Crippen LogP contribution in [-0.4, -0.2) is 36.6 Å². The van der Waals surface area contributed by atoms with E-state index in [1.165, 1.54) is 0 Å². The SMILES string of the molecule is COC(COC1CCCCO1)(c1ccccc1)c1nc(Cl)nc2ccc(I)cc12. The summed E-state index contributed by atoms with van der Waals surface area (Å²) in [4.78, 5) is 9.03. The van der Waals surface area contributed by atoms with E-state index in [2.05, 4.69) is 38.6 Å². The fourth-order valence-electron chi connectivity index (χ4n) is 3.70. The van der Waals surface area contributed by atoms with Gasteiger partial charge in [-0.3, -0.25) is 0 Å². The summed E-state index contributed by atoms with van der Waals surface area (Å²) in [6.07, 6.45) is 2.79. The van der Waals surface area contributed by atoms with Crippen LogP contribution in [0, 0.1) is 3.57 Å². The summed E-state index contributed by atoms with van der Waals surface area (Å²) in [5.74, 6) is 0. The van der Waals surface area contributed by atoms with Crippen molar-refractivity contribution in [3.63, 3.8) is 0 Å². The van der Waals surface area contributed by atoms with Crippen molar-refractivity contribution in [2.45, 2.75) is 31.2 Å². The van der Waals surface area contributed by atoms with Crippen molar-refractivity contribution in [1.82, 2.24) is 9.97 Å². The first-order chi connectivity index (χ1) is 14.1. The lowest BCUT2D eigenvalue weighted by atomic mass is 9.88. The Labute approximate surface area is 188 Å². The molecule has 2 atom stereocenters. The Kier molecular flexibility index (Phi) is 6.66. The number of nitrogens with zero attached hydrogens (tertiary/aromatic N) is 2. The van der Waals surface area contributed by atoms with Crippen molar-refractivity contribution in [3.8, 4) is 0 Å². The number of benzene rings is 2. The number of hydrogen-bond donors (Lipinski definition) is 0. The summed E-state index contributed by atoms with van der Waals surface area (Å²) in [6.45, 7) is 0.975. The van der Waals surface area contributed by atoms with E-state index in [0.717, 1.165) is 45.9 Å². The zero-order valence-corrected chi connectivity index (χ0v) is 19.0. The molecule has 2 aromatic carbocycles. The van der Waals surface area contributed by atoms with E-state index >= 15 is 0 Å². The molecule has 5 nitrogen and oxygen atoms in total. The molecule has 4 rings (SSSR count). The predicted octanol–water partition coefficient (Wildman–Crippen LogP) is 5.32. The van der Waals surface area contributed by atoms with Crippen LogP contribution in [0.3, 0.4) is 0 Å². The molecule has 0 amide bonds. The number of ether oxygens (including phenoxy) is 3. The van der Waals surface area contributed by atoms with Crippen molar-refractivity contribution in [3.05, 3.63) is 68.6 Å². The molecule has 1 saturated heterocycles. The third-order valence-corrected chi connectivity index (χ3v) is 6.05. The molecular weight excluding hydrogens is 503 g/mol. The van der Waals surface area contributed by atoms with E-state index in [1.54, 1.807) is 7.11 Å². The van der Waals surface area contributed by atoms with Gasteiger partial charge in [-0.15, -0.1) is 0 Å². The molecule has 152 valence electrons. The second-order valence-electron chi connectivity index (χ2n) is 7.01. The zero-order valence-electron chi connectivity index (χ0n) is 16.1. The number of methoxy groups -OCH3 is 1. The molecule has 1 fully saturated rings. The third-order valence-electron chi connectivity index (χ3n) is 5.21. The first kappa shape index (κ1) is 20.9. The molecule has 2 unspecified atom stereocenters. The minimum Gasteiger partial charge on any atom is -0.365 e. The first-order valence-corrected chi connectivity index (χ1v) is 11.1. The summed E-state index contributed by atoms with van der Waals surface area (Å²) in [6, 6.07) is 16.0. The smallest absolute Gasteiger partial charge is 0.223 e. The number of halogens is 2. The van der Waals surface area contributed by atoms with Gasteiger partial charge in [-0.05, 0) is 77.2 Å². The maximum atomic E-state index is 6.32. The van der Waals surface area contributed by atoms with Gasteiger partial charge in [-0.2, -0.15) is 0 Å². The van der Waals surface area contributed by atoms with Crippen LogP contribution in [0.1, 0.15) is 30.5 Å². The lowest BCUT2D eigenvalue weighted by molar-refractivity contribution is -0.191. The van der Waals surface area contributed by atoms with Gasteiger partial charge in [0.1, 0.15) is 0 Å². The molecule has 0 N–H and O–H groups in total. The summed E-state index contributed by atoms with van der Waals surface area (Å²) in [5, 5.41) is 1.07. The van der Waals surface area contributed by atoms with E-state index in [0.29, 0.717) is 5.69 Å². The maximum absolute atomic E-state index is 6.32. The molecule has 0 saturated carbocycles. The van der Waals surface area contributed by atoms with Crippen LogP contribution in [0.5, 0.6) is 0 Å². The van der Waals surface area contributed by atoms with Crippen molar-refractivity contribution in [1.29, 1.82) is 0 Å². The molecule has 0 radical (unpaired) electrons. The van der Waals surface area contributed by atoms with Crippen LogP contribution in [0.15, 0.2) is 48.5 Å². The van der Waals surface area contributed by atoms with Crippen molar-refractivity contribution in [2.24, 2.45) is 0 Å². The molecule has 2 heterocycles. The number of fused-ring (bicyclic) bond motifs is 1. The first-order valence-electron chi connectivity index (χ1n) is 9.59. The van der Waals surface area contributed by atoms with Crippen LogP contribution in [-0.2, 0) is 19.8 Å². The minimum absolute atomic E-state index is 0.181. The highest BCUT2D eigenvalue weighted by atomic mass is 127. The maximum Gasteiger partial charge on any atom is 0.223 e. The Morgan fingerprint density at radius 3 is 2.72 bits per heavy atom. The third kappa shape index (κ3) is 4.41. The fraction of sp³-hybridized carbons (Fsp3) is 0.364. The molecule has 3 aromatic rings. The van der Waals surface area contributed by atoms with Gasteiger partial charge >= 0.3 is 0 Å². The molecule has 7 heteroatoms. The van der Waals surface area contributed by atoms with E-state index in [9.17, 15) is 0 Å². The predicted molar refractivity (Wildman–Crippen MR) is 121 cm³/mol. The van der Waals surface area contributed by atoms with Gasteiger partial charge in [-0.25, -0.2) is 9.97 Å². The Hall–Kier alpha value is -1.32. The summed E-state index contributed by atoms with van der Waals surface area (Å²) in [7, 11) is 1.67. The Morgan fingerprint density at radius 2 is 2.00 bits per heavy atom. The zero-order chi connectivity index (χ0) is 20.3. The molecule has 29 heavy (non-hydrogen) atoms. The number of hydrogen-bond acceptors (Lipinski definition) is 5. The van der Waals surface area contributed by atoms with Gasteiger partial charge < -0.3 is 14.2 Å². The standard InChI is InChI=1S/C22H22ClIN2O3/c1-27-22(15-7-3-2-4-8-15,14-29-19-9-5-6-12-28-19)20-17-13-16(24)10-11-18(17)25-21(23)26-20/h2-4,7-8,10-11,13,19H,5-6,9,12,14H2,1H3. The largest absolute Gasteiger partial charge is 0.365 e. The highest BCUT2D eigenvalue weighted by Crippen LogP contribution is 2.38. The lowest BCUT2D eigenvalue weighted by Gasteiger charge is -2.35. The lowest BCUT2D eigenvalue weighted by Crippen LogP contribution is -2.39. The highest BCUT2D eigenvalue weighted by molar-refractivity contribution is 14.1. The molecular formula is C22H22ClIN2O3. The van der Waals surface area contributed by atoms with Gasteiger partial charge in [0.2, 0.25) is 5.28 Å². The van der Waals surface area contributed by atoms with E-state index < -0.39 is 5.60 Å². The van der Waals surface area contributed by atoms with Gasteiger partial charge in [0.15, 0.2) is 11.9 Å². The van der Waals surface area contributed by atoms with E-state index in [4.69, 9.17) is 25.8 Å². The summed E-state index contributed by atoms with van der Waals surface area (Å²) < 4.78 is 19.2. The van der Waals surface area contributed by atoms with Crippen LogP contribution in [0.25, 0.3) is 10.9 Å². The minimum atomic E-state index is -0.947. The van der Waals surface area contributed by atoms with Crippen LogP contribution >= 0.6 is 34.2 Å².